The van der Waals surface area contributed by atoms with Crippen LogP contribution in [0.2, 0.25) is 0 Å². The molecule has 0 bridgehead atoms. The van der Waals surface area contributed by atoms with Crippen LogP contribution in [0.25, 0.3) is 0 Å². The Bertz CT molecular complexity index is 619. The number of aliphatic hydroxyl groups excluding tert-OH is 1. The number of nitrogens with zero attached hydrogens (tertiary/aromatic N) is 2. The zero-order valence-corrected chi connectivity index (χ0v) is 17.3. The minimum atomic E-state index is -0.339. The van der Waals surface area contributed by atoms with Crippen LogP contribution in [0.1, 0.15) is 64.0 Å². The van der Waals surface area contributed by atoms with Gasteiger partial charge >= 0.3 is 0 Å². The standard InChI is InChI=1S/C23H36N2O2/c1-22(2,3)19-7-9-20(10-8-19)23(11-5-4-6-12-23)21(27)25-15-13-24(14-16-25)17-18-26/h7-10,26H,4-6,11-18H2,1-3H3. The van der Waals surface area contributed by atoms with E-state index in [9.17, 15) is 4.79 Å². The Morgan fingerprint density at radius 1 is 1.00 bits per heavy atom. The molecule has 1 saturated heterocycles. The Labute approximate surface area is 164 Å². The van der Waals surface area contributed by atoms with Crippen molar-refractivity contribution in [1.29, 1.82) is 0 Å². The first-order valence-corrected chi connectivity index (χ1v) is 10.6. The highest BCUT2D eigenvalue weighted by atomic mass is 16.3. The van der Waals surface area contributed by atoms with Crippen LogP contribution >= 0.6 is 0 Å². The summed E-state index contributed by atoms with van der Waals surface area (Å²) in [4.78, 5) is 18.0. The lowest BCUT2D eigenvalue weighted by molar-refractivity contribution is -0.140. The monoisotopic (exact) mass is 372 g/mol. The smallest absolute Gasteiger partial charge is 0.233 e. The van der Waals surface area contributed by atoms with Gasteiger partial charge in [0, 0.05) is 32.7 Å². The molecule has 27 heavy (non-hydrogen) atoms. The van der Waals surface area contributed by atoms with Crippen LogP contribution in [0, 0.1) is 0 Å². The lowest BCUT2D eigenvalue weighted by Crippen LogP contribution is -2.55. The second-order valence-electron chi connectivity index (χ2n) is 9.33. The third-order valence-electron chi connectivity index (χ3n) is 6.50. The van der Waals surface area contributed by atoms with E-state index < -0.39 is 0 Å². The lowest BCUT2D eigenvalue weighted by Gasteiger charge is -2.43. The molecule has 2 fully saturated rings. The van der Waals surface area contributed by atoms with Crippen LogP contribution in [-0.4, -0.2) is 60.1 Å². The average Bonchev–Trinajstić information content (AvgIpc) is 2.68. The summed E-state index contributed by atoms with van der Waals surface area (Å²) in [6.45, 7) is 10.9. The van der Waals surface area contributed by atoms with Gasteiger partial charge in [0.1, 0.15) is 0 Å². The molecule has 1 N–H and O–H groups in total. The maximum atomic E-state index is 13.7. The van der Waals surface area contributed by atoms with Crippen LogP contribution < -0.4 is 0 Å². The molecule has 1 aromatic rings. The minimum Gasteiger partial charge on any atom is -0.395 e. The predicted molar refractivity (Wildman–Crippen MR) is 110 cm³/mol. The average molecular weight is 373 g/mol. The highest BCUT2D eigenvalue weighted by Gasteiger charge is 2.44. The van der Waals surface area contributed by atoms with Gasteiger partial charge in [-0.1, -0.05) is 64.3 Å². The second-order valence-corrected chi connectivity index (χ2v) is 9.33. The van der Waals surface area contributed by atoms with Crippen LogP contribution in [0.4, 0.5) is 0 Å². The number of benzene rings is 1. The third-order valence-corrected chi connectivity index (χ3v) is 6.50. The Kier molecular flexibility index (Phi) is 6.27. The van der Waals surface area contributed by atoms with Gasteiger partial charge in [-0.15, -0.1) is 0 Å². The van der Waals surface area contributed by atoms with Crippen LogP contribution in [0.15, 0.2) is 24.3 Å². The first kappa shape index (κ1) is 20.3. The number of hydrogen-bond acceptors (Lipinski definition) is 3. The molecule has 2 aliphatic rings. The van der Waals surface area contributed by atoms with E-state index in [1.54, 1.807) is 0 Å². The summed E-state index contributed by atoms with van der Waals surface area (Å²) in [5.74, 6) is 0.328. The molecule has 0 atom stereocenters. The van der Waals surface area contributed by atoms with Crippen molar-refractivity contribution in [3.05, 3.63) is 35.4 Å². The van der Waals surface area contributed by atoms with Gasteiger partial charge in [-0.05, 0) is 29.4 Å². The summed E-state index contributed by atoms with van der Waals surface area (Å²) >= 11 is 0. The number of carbonyl (C=O) groups excluding carboxylic acids is 1. The number of piperazine rings is 1. The SMILES string of the molecule is CC(C)(C)c1ccc(C2(C(=O)N3CCN(CCO)CC3)CCCCC2)cc1. The molecule has 3 rings (SSSR count). The van der Waals surface area contributed by atoms with E-state index in [1.165, 1.54) is 17.5 Å². The van der Waals surface area contributed by atoms with Crippen molar-refractivity contribution in [1.82, 2.24) is 9.80 Å². The van der Waals surface area contributed by atoms with Crippen molar-refractivity contribution in [3.8, 4) is 0 Å². The Morgan fingerprint density at radius 2 is 1.59 bits per heavy atom. The second kappa shape index (κ2) is 8.32. The maximum absolute atomic E-state index is 13.7. The summed E-state index contributed by atoms with van der Waals surface area (Å²) in [5, 5.41) is 9.14. The van der Waals surface area contributed by atoms with E-state index in [-0.39, 0.29) is 17.4 Å². The zero-order chi connectivity index (χ0) is 19.5. The van der Waals surface area contributed by atoms with Gasteiger partial charge in [-0.2, -0.15) is 0 Å². The maximum Gasteiger partial charge on any atom is 0.233 e. The van der Waals surface area contributed by atoms with Crippen molar-refractivity contribution in [2.45, 2.75) is 63.7 Å². The number of hydrogen-bond donors (Lipinski definition) is 1. The third kappa shape index (κ3) is 4.38. The lowest BCUT2D eigenvalue weighted by atomic mass is 9.68. The molecule has 0 spiro atoms. The number of β-amino-alcohol motifs (C(OH)–C–C–N with tert-alkyl or cyclic N) is 1. The van der Waals surface area contributed by atoms with Gasteiger partial charge in [-0.25, -0.2) is 0 Å². The molecular weight excluding hydrogens is 336 g/mol. The fourth-order valence-electron chi connectivity index (χ4n) is 4.69. The van der Waals surface area contributed by atoms with Crippen molar-refractivity contribution < 1.29 is 9.90 Å². The summed E-state index contributed by atoms with van der Waals surface area (Å²) < 4.78 is 0. The van der Waals surface area contributed by atoms with Crippen molar-refractivity contribution >= 4 is 5.91 Å². The largest absolute Gasteiger partial charge is 0.395 e. The molecule has 1 aliphatic heterocycles. The van der Waals surface area contributed by atoms with Gasteiger partial charge in [0.25, 0.3) is 0 Å². The van der Waals surface area contributed by atoms with Gasteiger partial charge in [0.15, 0.2) is 0 Å². The molecule has 1 amide bonds. The molecule has 1 aliphatic carbocycles. The van der Waals surface area contributed by atoms with Gasteiger partial charge < -0.3 is 10.0 Å². The predicted octanol–water partition coefficient (Wildman–Crippen LogP) is 3.32. The van der Waals surface area contributed by atoms with Crippen molar-refractivity contribution in [3.63, 3.8) is 0 Å². The van der Waals surface area contributed by atoms with Crippen LogP contribution in [-0.2, 0) is 15.6 Å². The van der Waals surface area contributed by atoms with Gasteiger partial charge in [-0.3, -0.25) is 9.69 Å². The van der Waals surface area contributed by atoms with E-state index in [0.29, 0.717) is 12.5 Å². The van der Waals surface area contributed by atoms with E-state index in [4.69, 9.17) is 5.11 Å². The molecule has 1 heterocycles. The molecule has 150 valence electrons. The molecule has 0 aromatic heterocycles. The summed E-state index contributed by atoms with van der Waals surface area (Å²) in [5.41, 5.74) is 2.32. The number of carbonyl (C=O) groups is 1. The molecular formula is C23H36N2O2. The zero-order valence-electron chi connectivity index (χ0n) is 17.3. The summed E-state index contributed by atoms with van der Waals surface area (Å²) in [6, 6.07) is 8.87. The number of aliphatic hydroxyl groups is 1. The molecule has 4 heteroatoms. The number of rotatable bonds is 4. The Hall–Kier alpha value is -1.39. The highest BCUT2D eigenvalue weighted by molar-refractivity contribution is 5.88. The van der Waals surface area contributed by atoms with Gasteiger partial charge in [0.05, 0.1) is 12.0 Å². The topological polar surface area (TPSA) is 43.8 Å². The molecule has 0 unspecified atom stereocenters. The fraction of sp³-hybridized carbons (Fsp3) is 0.696. The van der Waals surface area contributed by atoms with Crippen LogP contribution in [0.3, 0.4) is 0 Å². The normalized spacial score (nSPS) is 21.3. The first-order chi connectivity index (χ1) is 12.9. The Balaban J connectivity index is 1.82. The van der Waals surface area contributed by atoms with Crippen molar-refractivity contribution in [2.75, 3.05) is 39.3 Å². The molecule has 0 radical (unpaired) electrons. The highest BCUT2D eigenvalue weighted by Crippen LogP contribution is 2.41. The quantitative estimate of drug-likeness (QED) is 0.882. The van der Waals surface area contributed by atoms with Gasteiger partial charge in [0.2, 0.25) is 5.91 Å². The molecule has 1 saturated carbocycles. The van der Waals surface area contributed by atoms with E-state index >= 15 is 0 Å². The van der Waals surface area contributed by atoms with E-state index in [1.807, 2.05) is 0 Å². The molecule has 1 aromatic carbocycles. The van der Waals surface area contributed by atoms with E-state index in [2.05, 4.69) is 54.8 Å². The van der Waals surface area contributed by atoms with E-state index in [0.717, 1.165) is 51.9 Å². The fourth-order valence-corrected chi connectivity index (χ4v) is 4.69. The van der Waals surface area contributed by atoms with Crippen molar-refractivity contribution in [2.24, 2.45) is 0 Å². The first-order valence-electron chi connectivity index (χ1n) is 10.6. The summed E-state index contributed by atoms with van der Waals surface area (Å²) in [7, 11) is 0. The summed E-state index contributed by atoms with van der Waals surface area (Å²) in [6.07, 6.45) is 5.45. The number of amides is 1. The van der Waals surface area contributed by atoms with Crippen LogP contribution in [0.5, 0.6) is 0 Å². The minimum absolute atomic E-state index is 0.130. The molecule has 4 nitrogen and oxygen atoms in total. The Morgan fingerprint density at radius 3 is 2.11 bits per heavy atom.